The van der Waals surface area contributed by atoms with Crippen LogP contribution in [-0.4, -0.2) is 53.0 Å². The summed E-state index contributed by atoms with van der Waals surface area (Å²) in [6, 6.07) is 0. The molecule has 5 fully saturated rings. The molecule has 3 aliphatic heterocycles. The van der Waals surface area contributed by atoms with Gasteiger partial charge in [-0.3, -0.25) is 4.79 Å². The van der Waals surface area contributed by atoms with Crippen molar-refractivity contribution in [2.45, 2.75) is 76.7 Å². The lowest BCUT2D eigenvalue weighted by atomic mass is 9.59. The van der Waals surface area contributed by atoms with E-state index in [1.165, 1.54) is 5.57 Å². The van der Waals surface area contributed by atoms with Gasteiger partial charge in [-0.25, -0.2) is 0 Å². The molecule has 2 saturated carbocycles. The molecule has 3 aliphatic carbocycles. The molecule has 0 radical (unpaired) electrons. The minimum atomic E-state index is -0.986. The van der Waals surface area contributed by atoms with E-state index in [1.807, 2.05) is 6.92 Å². The molecule has 6 aliphatic rings. The van der Waals surface area contributed by atoms with Crippen molar-refractivity contribution in [2.75, 3.05) is 7.11 Å². The number of ether oxygens (including phenoxy) is 3. The Morgan fingerprint density at radius 1 is 1.16 bits per heavy atom. The van der Waals surface area contributed by atoms with Crippen LogP contribution in [0.4, 0.5) is 0 Å². The molecule has 31 heavy (non-hydrogen) atoms. The van der Waals surface area contributed by atoms with Crippen molar-refractivity contribution in [3.05, 3.63) is 11.6 Å². The number of esters is 1. The average molecular weight is 433 g/mol. The molecule has 0 aromatic heterocycles. The highest BCUT2D eigenvalue weighted by Crippen LogP contribution is 2.69. The van der Waals surface area contributed by atoms with Crippen LogP contribution in [0.5, 0.6) is 0 Å². The first-order chi connectivity index (χ1) is 14.6. The largest absolute Gasteiger partial charge is 0.461 e. The van der Waals surface area contributed by atoms with Crippen molar-refractivity contribution < 1.29 is 29.2 Å². The van der Waals surface area contributed by atoms with Gasteiger partial charge in [-0.1, -0.05) is 25.5 Å². The van der Waals surface area contributed by atoms with Crippen LogP contribution in [0.1, 0.15) is 47.0 Å². The number of carbonyl (C=O) groups excluding carboxylic acids is 1. The molecule has 3 saturated heterocycles. The Morgan fingerprint density at radius 3 is 2.61 bits per heavy atom. The van der Waals surface area contributed by atoms with E-state index in [-0.39, 0.29) is 53.5 Å². The van der Waals surface area contributed by atoms with Crippen molar-refractivity contribution >= 4 is 5.97 Å². The summed E-state index contributed by atoms with van der Waals surface area (Å²) in [5.41, 5.74) is 0.897. The lowest BCUT2D eigenvalue weighted by molar-refractivity contribution is -0.378. The average Bonchev–Trinajstić information content (AvgIpc) is 3.22. The van der Waals surface area contributed by atoms with Crippen LogP contribution in [0.2, 0.25) is 0 Å². The standard InChI is InChI=1S/C25H36O6/c1-10-8-14-18(22(27)11(2)21(14)26)17-13(10)9-15-19(17)20-23(28)30-16-6-7-24(15,4)31-25(20,29-5)12(16)3/h8,11-22,26-27H,6-7,9H2,1-5H3. The lowest BCUT2D eigenvalue weighted by Crippen LogP contribution is -2.69. The molecule has 0 aromatic rings. The Hall–Kier alpha value is -0.950. The summed E-state index contributed by atoms with van der Waals surface area (Å²) in [6.45, 7) is 8.41. The maximum Gasteiger partial charge on any atom is 0.315 e. The summed E-state index contributed by atoms with van der Waals surface area (Å²) in [7, 11) is 1.67. The van der Waals surface area contributed by atoms with Crippen LogP contribution in [0, 0.1) is 53.3 Å². The van der Waals surface area contributed by atoms with Crippen LogP contribution < -0.4 is 0 Å². The van der Waals surface area contributed by atoms with Crippen LogP contribution in [0.25, 0.3) is 0 Å². The summed E-state index contributed by atoms with van der Waals surface area (Å²) in [6.07, 6.45) is 3.50. The molecule has 0 aromatic carbocycles. The van der Waals surface area contributed by atoms with Crippen molar-refractivity contribution in [1.29, 1.82) is 0 Å². The van der Waals surface area contributed by atoms with Gasteiger partial charge in [-0.15, -0.1) is 0 Å². The third kappa shape index (κ3) is 2.30. The number of aliphatic hydroxyl groups excluding tert-OH is 2. The molecular weight excluding hydrogens is 396 g/mol. The molecule has 172 valence electrons. The van der Waals surface area contributed by atoms with Crippen LogP contribution in [0.3, 0.4) is 0 Å². The van der Waals surface area contributed by atoms with Gasteiger partial charge in [0.25, 0.3) is 0 Å². The Morgan fingerprint density at radius 2 is 1.90 bits per heavy atom. The smallest absolute Gasteiger partial charge is 0.315 e. The van der Waals surface area contributed by atoms with E-state index in [0.29, 0.717) is 5.92 Å². The van der Waals surface area contributed by atoms with Crippen LogP contribution >= 0.6 is 0 Å². The second-order valence-electron chi connectivity index (χ2n) is 11.6. The number of fused-ring (bicyclic) bond motifs is 9. The van der Waals surface area contributed by atoms with E-state index < -0.39 is 29.5 Å². The number of carbonyl (C=O) groups is 1. The van der Waals surface area contributed by atoms with E-state index in [9.17, 15) is 15.0 Å². The molecule has 3 heterocycles. The second kappa shape index (κ2) is 6.34. The molecule has 2 N–H and O–H groups in total. The van der Waals surface area contributed by atoms with E-state index in [2.05, 4.69) is 26.8 Å². The first-order valence-corrected chi connectivity index (χ1v) is 12.1. The zero-order valence-electron chi connectivity index (χ0n) is 19.2. The highest BCUT2D eigenvalue weighted by molar-refractivity contribution is 5.76. The fourth-order valence-corrected chi connectivity index (χ4v) is 9.11. The molecule has 6 heteroatoms. The maximum absolute atomic E-state index is 13.5. The van der Waals surface area contributed by atoms with Crippen molar-refractivity contribution in [1.82, 2.24) is 0 Å². The molecule has 14 atom stereocenters. The highest BCUT2D eigenvalue weighted by atomic mass is 16.7. The number of allylic oxidation sites excluding steroid dienone is 1. The van der Waals surface area contributed by atoms with Crippen molar-refractivity contribution in [3.8, 4) is 0 Å². The number of aliphatic hydroxyl groups is 2. The summed E-state index contributed by atoms with van der Waals surface area (Å²) in [4.78, 5) is 13.5. The first kappa shape index (κ1) is 20.6. The summed E-state index contributed by atoms with van der Waals surface area (Å²) >= 11 is 0. The third-order valence-electron chi connectivity index (χ3n) is 10.6. The van der Waals surface area contributed by atoms with Gasteiger partial charge in [0, 0.05) is 24.9 Å². The van der Waals surface area contributed by atoms with Gasteiger partial charge in [-0.05, 0) is 62.7 Å². The zero-order chi connectivity index (χ0) is 22.0. The van der Waals surface area contributed by atoms with Crippen molar-refractivity contribution in [2.24, 2.45) is 53.3 Å². The fourth-order valence-electron chi connectivity index (χ4n) is 9.11. The molecule has 3 bridgehead atoms. The molecule has 0 spiro atoms. The minimum Gasteiger partial charge on any atom is -0.461 e. The maximum atomic E-state index is 13.5. The second-order valence-corrected chi connectivity index (χ2v) is 11.6. The number of hydrogen-bond acceptors (Lipinski definition) is 6. The molecule has 6 rings (SSSR count). The van der Waals surface area contributed by atoms with Gasteiger partial charge >= 0.3 is 5.97 Å². The normalized spacial score (nSPS) is 61.8. The monoisotopic (exact) mass is 432 g/mol. The van der Waals surface area contributed by atoms with Gasteiger partial charge in [0.1, 0.15) is 12.0 Å². The topological polar surface area (TPSA) is 85.2 Å². The quantitative estimate of drug-likeness (QED) is 0.489. The number of rotatable bonds is 1. The lowest BCUT2D eigenvalue weighted by Gasteiger charge is -2.59. The van der Waals surface area contributed by atoms with E-state index in [1.54, 1.807) is 7.11 Å². The van der Waals surface area contributed by atoms with Crippen LogP contribution in [-0.2, 0) is 19.0 Å². The van der Waals surface area contributed by atoms with Crippen LogP contribution in [0.15, 0.2) is 11.6 Å². The Kier molecular flexibility index (Phi) is 4.22. The van der Waals surface area contributed by atoms with E-state index in [4.69, 9.17) is 14.2 Å². The summed E-state index contributed by atoms with van der Waals surface area (Å²) in [5, 5.41) is 22.2. The van der Waals surface area contributed by atoms with E-state index >= 15 is 0 Å². The Balaban J connectivity index is 1.54. The summed E-state index contributed by atoms with van der Waals surface area (Å²) in [5.74, 6) is -1.39. The van der Waals surface area contributed by atoms with Gasteiger partial charge in [0.2, 0.25) is 0 Å². The number of methoxy groups -OCH3 is 1. The molecule has 6 nitrogen and oxygen atoms in total. The van der Waals surface area contributed by atoms with E-state index in [0.717, 1.165) is 19.3 Å². The zero-order valence-corrected chi connectivity index (χ0v) is 19.2. The van der Waals surface area contributed by atoms with Gasteiger partial charge in [-0.2, -0.15) is 0 Å². The van der Waals surface area contributed by atoms with Gasteiger partial charge in [0.05, 0.1) is 17.8 Å². The molecular formula is C25H36O6. The van der Waals surface area contributed by atoms with Gasteiger partial charge in [0.15, 0.2) is 5.79 Å². The fraction of sp³-hybridized carbons (Fsp3) is 0.880. The predicted octanol–water partition coefficient (Wildman–Crippen LogP) is 2.52. The number of hydrogen-bond donors (Lipinski definition) is 2. The van der Waals surface area contributed by atoms with Crippen molar-refractivity contribution in [3.63, 3.8) is 0 Å². The molecule has 14 unspecified atom stereocenters. The Bertz CT molecular complexity index is 840. The first-order valence-electron chi connectivity index (χ1n) is 12.1. The molecule has 0 amide bonds. The third-order valence-corrected chi connectivity index (χ3v) is 10.6. The SMILES string of the molecule is COC12OC3(C)CCC(OC(=O)C1C1C4C(CC13)C(C)=CC1C(O)C(C)C(O)C14)C2C. The minimum absolute atomic E-state index is 0.0148. The van der Waals surface area contributed by atoms with Gasteiger partial charge < -0.3 is 24.4 Å². The Labute approximate surface area is 184 Å². The highest BCUT2D eigenvalue weighted by Gasteiger charge is 2.74. The predicted molar refractivity (Wildman–Crippen MR) is 111 cm³/mol. The summed E-state index contributed by atoms with van der Waals surface area (Å²) < 4.78 is 19.0.